The van der Waals surface area contributed by atoms with E-state index in [-0.39, 0.29) is 5.56 Å². The molecule has 0 saturated carbocycles. The molecule has 5 rings (SSSR count). The largest absolute Gasteiger partial charge is 0.363 e. The van der Waals surface area contributed by atoms with Gasteiger partial charge in [0.2, 0.25) is 0 Å². The third-order valence-electron chi connectivity index (χ3n) is 6.09. The number of pyridine rings is 1. The third-order valence-corrected chi connectivity index (χ3v) is 6.09. The van der Waals surface area contributed by atoms with Crippen LogP contribution in [-0.4, -0.2) is 15.7 Å². The summed E-state index contributed by atoms with van der Waals surface area (Å²) < 4.78 is 4.21. The van der Waals surface area contributed by atoms with Crippen LogP contribution in [0.2, 0.25) is 0 Å². The van der Waals surface area contributed by atoms with Crippen LogP contribution in [0, 0.1) is 0 Å². The Labute approximate surface area is 159 Å². The number of rotatable bonds is 2. The van der Waals surface area contributed by atoms with Crippen molar-refractivity contribution in [3.05, 3.63) is 76.0 Å². The Kier molecular flexibility index (Phi) is 3.92. The van der Waals surface area contributed by atoms with Crippen LogP contribution >= 0.6 is 0 Å². The number of nitrogens with zero attached hydrogens (tertiary/aromatic N) is 3. The summed E-state index contributed by atoms with van der Waals surface area (Å²) in [6, 6.07) is 14.6. The molecule has 0 amide bonds. The van der Waals surface area contributed by atoms with Crippen molar-refractivity contribution in [1.29, 1.82) is 0 Å². The highest BCUT2D eigenvalue weighted by Crippen LogP contribution is 2.33. The second kappa shape index (κ2) is 6.45. The molecule has 0 fully saturated rings. The van der Waals surface area contributed by atoms with Crippen LogP contribution in [0.3, 0.4) is 0 Å². The molecule has 0 N–H and O–H groups in total. The van der Waals surface area contributed by atoms with Gasteiger partial charge < -0.3 is 14.0 Å². The molecule has 4 nitrogen and oxygen atoms in total. The lowest BCUT2D eigenvalue weighted by atomic mass is 9.98. The van der Waals surface area contributed by atoms with Gasteiger partial charge in [-0.05, 0) is 48.9 Å². The van der Waals surface area contributed by atoms with Gasteiger partial charge in [0.05, 0.1) is 17.8 Å². The second-order valence-electron chi connectivity index (χ2n) is 7.75. The molecule has 0 radical (unpaired) electrons. The summed E-state index contributed by atoms with van der Waals surface area (Å²) in [6.07, 6.45) is 6.95. The SMILES string of the molecule is Cn1ccc(N2CCn3c(cc4c3CCCC4)C2)c(-c2ccccc2)c1=O. The first-order chi connectivity index (χ1) is 13.2. The van der Waals surface area contributed by atoms with E-state index in [2.05, 4.69) is 21.6 Å². The van der Waals surface area contributed by atoms with E-state index in [0.29, 0.717) is 0 Å². The number of anilines is 1. The van der Waals surface area contributed by atoms with Gasteiger partial charge in [0.15, 0.2) is 0 Å². The number of benzene rings is 1. The van der Waals surface area contributed by atoms with Crippen LogP contribution in [0.5, 0.6) is 0 Å². The van der Waals surface area contributed by atoms with Crippen LogP contribution in [0.15, 0.2) is 53.5 Å². The smallest absolute Gasteiger partial charge is 0.260 e. The maximum atomic E-state index is 13.0. The monoisotopic (exact) mass is 359 g/mol. The normalized spacial score (nSPS) is 16.1. The van der Waals surface area contributed by atoms with E-state index in [1.165, 1.54) is 31.4 Å². The zero-order valence-corrected chi connectivity index (χ0v) is 15.8. The first-order valence-corrected chi connectivity index (χ1v) is 9.92. The molecule has 1 aromatic carbocycles. The topological polar surface area (TPSA) is 30.2 Å². The molecule has 2 aliphatic rings. The van der Waals surface area contributed by atoms with E-state index >= 15 is 0 Å². The van der Waals surface area contributed by atoms with Crippen molar-refractivity contribution in [2.24, 2.45) is 7.05 Å². The van der Waals surface area contributed by atoms with Crippen molar-refractivity contribution in [1.82, 2.24) is 9.13 Å². The first kappa shape index (κ1) is 16.4. The number of fused-ring (bicyclic) bond motifs is 3. The molecule has 27 heavy (non-hydrogen) atoms. The van der Waals surface area contributed by atoms with E-state index in [0.717, 1.165) is 36.4 Å². The fourth-order valence-corrected chi connectivity index (χ4v) is 4.70. The standard InChI is InChI=1S/C23H25N3O/c1-24-12-11-21(22(23(24)27)17-7-3-2-4-8-17)25-13-14-26-19(16-25)15-18-9-5-6-10-20(18)26/h2-4,7-8,11-12,15H,5-6,9-10,13-14,16H2,1H3. The predicted octanol–water partition coefficient (Wildman–Crippen LogP) is 3.75. The van der Waals surface area contributed by atoms with Crippen molar-refractivity contribution in [2.45, 2.75) is 38.8 Å². The molecule has 0 spiro atoms. The van der Waals surface area contributed by atoms with Gasteiger partial charge in [0, 0.05) is 37.7 Å². The van der Waals surface area contributed by atoms with Crippen LogP contribution in [-0.2, 0) is 33.0 Å². The van der Waals surface area contributed by atoms with Gasteiger partial charge in [0.25, 0.3) is 5.56 Å². The maximum Gasteiger partial charge on any atom is 0.260 e. The summed E-state index contributed by atoms with van der Waals surface area (Å²) in [6.45, 7) is 2.83. The summed E-state index contributed by atoms with van der Waals surface area (Å²) in [5.74, 6) is 0. The molecule has 3 aromatic rings. The minimum Gasteiger partial charge on any atom is -0.363 e. The summed E-state index contributed by atoms with van der Waals surface area (Å²) in [7, 11) is 1.83. The highest BCUT2D eigenvalue weighted by Gasteiger charge is 2.25. The molecular formula is C23H25N3O. The Morgan fingerprint density at radius 2 is 1.78 bits per heavy atom. The molecule has 1 aliphatic carbocycles. The van der Waals surface area contributed by atoms with Crippen LogP contribution in [0.4, 0.5) is 5.69 Å². The highest BCUT2D eigenvalue weighted by atomic mass is 16.1. The van der Waals surface area contributed by atoms with Crippen molar-refractivity contribution in [3.63, 3.8) is 0 Å². The van der Waals surface area contributed by atoms with E-state index < -0.39 is 0 Å². The Morgan fingerprint density at radius 3 is 2.63 bits per heavy atom. The van der Waals surface area contributed by atoms with Gasteiger partial charge in [0.1, 0.15) is 0 Å². The minimum absolute atomic E-state index is 0.0685. The molecule has 0 atom stereocenters. The van der Waals surface area contributed by atoms with Gasteiger partial charge in [-0.3, -0.25) is 4.79 Å². The van der Waals surface area contributed by atoms with Gasteiger partial charge in [-0.1, -0.05) is 30.3 Å². The molecule has 0 saturated heterocycles. The molecule has 3 heterocycles. The number of hydrogen-bond acceptors (Lipinski definition) is 2. The van der Waals surface area contributed by atoms with Crippen LogP contribution in [0.1, 0.15) is 29.8 Å². The molecule has 4 heteroatoms. The lowest BCUT2D eigenvalue weighted by Gasteiger charge is -2.33. The van der Waals surface area contributed by atoms with Gasteiger partial charge in [-0.15, -0.1) is 0 Å². The van der Waals surface area contributed by atoms with Crippen molar-refractivity contribution >= 4 is 5.69 Å². The predicted molar refractivity (Wildman–Crippen MR) is 109 cm³/mol. The molecular weight excluding hydrogens is 334 g/mol. The van der Waals surface area contributed by atoms with Gasteiger partial charge in [-0.2, -0.15) is 0 Å². The summed E-state index contributed by atoms with van der Waals surface area (Å²) in [5, 5.41) is 0. The molecule has 0 bridgehead atoms. The van der Waals surface area contributed by atoms with Crippen LogP contribution in [0.25, 0.3) is 11.1 Å². The zero-order chi connectivity index (χ0) is 18.4. The lowest BCUT2D eigenvalue weighted by molar-refractivity contribution is 0.537. The van der Waals surface area contributed by atoms with Crippen molar-refractivity contribution in [2.75, 3.05) is 11.4 Å². The molecule has 0 unspecified atom stereocenters. The van der Waals surface area contributed by atoms with E-state index in [1.807, 2.05) is 43.6 Å². The zero-order valence-electron chi connectivity index (χ0n) is 15.8. The average molecular weight is 359 g/mol. The highest BCUT2D eigenvalue weighted by molar-refractivity contribution is 5.77. The van der Waals surface area contributed by atoms with E-state index in [9.17, 15) is 4.79 Å². The third kappa shape index (κ3) is 2.71. The number of hydrogen-bond donors (Lipinski definition) is 0. The fraction of sp³-hybridized carbons (Fsp3) is 0.348. The minimum atomic E-state index is 0.0685. The van der Waals surface area contributed by atoms with E-state index in [1.54, 1.807) is 15.8 Å². The molecule has 2 aromatic heterocycles. The lowest BCUT2D eigenvalue weighted by Crippen LogP contribution is -2.35. The van der Waals surface area contributed by atoms with Gasteiger partial charge >= 0.3 is 0 Å². The van der Waals surface area contributed by atoms with Crippen molar-refractivity contribution < 1.29 is 0 Å². The summed E-state index contributed by atoms with van der Waals surface area (Å²) in [5.41, 5.74) is 7.43. The Morgan fingerprint density at radius 1 is 0.963 bits per heavy atom. The molecule has 138 valence electrons. The summed E-state index contributed by atoms with van der Waals surface area (Å²) >= 11 is 0. The van der Waals surface area contributed by atoms with E-state index in [4.69, 9.17) is 0 Å². The average Bonchev–Trinajstić information content (AvgIpc) is 3.08. The summed E-state index contributed by atoms with van der Waals surface area (Å²) in [4.78, 5) is 15.3. The molecule has 1 aliphatic heterocycles. The fourth-order valence-electron chi connectivity index (χ4n) is 4.70. The Balaban J connectivity index is 1.57. The Bertz CT molecular complexity index is 1050. The quantitative estimate of drug-likeness (QED) is 0.697. The number of aryl methyl sites for hydroxylation is 2. The second-order valence-corrected chi connectivity index (χ2v) is 7.75. The first-order valence-electron chi connectivity index (χ1n) is 9.92. The van der Waals surface area contributed by atoms with Gasteiger partial charge in [-0.25, -0.2) is 0 Å². The Hall–Kier alpha value is -2.75. The van der Waals surface area contributed by atoms with Crippen molar-refractivity contribution in [3.8, 4) is 11.1 Å². The maximum absolute atomic E-state index is 13.0. The van der Waals surface area contributed by atoms with Crippen LogP contribution < -0.4 is 10.5 Å². The number of aromatic nitrogens is 2.